The fraction of sp³-hybridized carbons (Fsp3) is 0.588. The lowest BCUT2D eigenvalue weighted by Crippen LogP contribution is -2.43. The van der Waals surface area contributed by atoms with Gasteiger partial charge in [0.2, 0.25) is 5.91 Å². The van der Waals surface area contributed by atoms with Crippen molar-refractivity contribution in [3.8, 4) is 0 Å². The molecule has 0 radical (unpaired) electrons. The van der Waals surface area contributed by atoms with E-state index in [-0.39, 0.29) is 5.91 Å². The SMILES string of the molecule is CC1CC(CN)CN1CC(C)(C)C(=O)Nc1ccccc1. The van der Waals surface area contributed by atoms with Crippen molar-refractivity contribution in [2.24, 2.45) is 17.1 Å². The van der Waals surface area contributed by atoms with Crippen LogP contribution in [0.5, 0.6) is 0 Å². The van der Waals surface area contributed by atoms with Crippen LogP contribution in [0.3, 0.4) is 0 Å². The number of nitrogens with two attached hydrogens (primary N) is 1. The van der Waals surface area contributed by atoms with E-state index < -0.39 is 5.41 Å². The molecule has 0 saturated carbocycles. The molecule has 116 valence electrons. The second-order valence-electron chi connectivity index (χ2n) is 6.82. The van der Waals surface area contributed by atoms with Crippen LogP contribution in [0.1, 0.15) is 27.2 Å². The highest BCUT2D eigenvalue weighted by atomic mass is 16.2. The minimum absolute atomic E-state index is 0.0668. The standard InChI is InChI=1S/C17H27N3O/c1-13-9-14(10-18)11-20(13)12-17(2,3)16(21)19-15-7-5-4-6-8-15/h4-8,13-14H,9-12,18H2,1-3H3,(H,19,21). The quantitative estimate of drug-likeness (QED) is 0.874. The molecule has 2 atom stereocenters. The zero-order chi connectivity index (χ0) is 15.5. The van der Waals surface area contributed by atoms with Gasteiger partial charge >= 0.3 is 0 Å². The van der Waals surface area contributed by atoms with Crippen molar-refractivity contribution in [2.45, 2.75) is 33.2 Å². The Labute approximate surface area is 127 Å². The highest BCUT2D eigenvalue weighted by Gasteiger charge is 2.36. The van der Waals surface area contributed by atoms with Crippen LogP contribution >= 0.6 is 0 Å². The third-order valence-electron chi connectivity index (χ3n) is 4.37. The number of nitrogens with zero attached hydrogens (tertiary/aromatic N) is 1. The lowest BCUT2D eigenvalue weighted by atomic mass is 9.91. The van der Waals surface area contributed by atoms with Crippen LogP contribution in [0, 0.1) is 11.3 Å². The molecule has 4 nitrogen and oxygen atoms in total. The van der Waals surface area contributed by atoms with E-state index in [2.05, 4.69) is 17.1 Å². The van der Waals surface area contributed by atoms with E-state index in [1.165, 1.54) is 0 Å². The molecule has 2 unspecified atom stereocenters. The number of carbonyl (C=O) groups is 1. The van der Waals surface area contributed by atoms with E-state index in [1.807, 2.05) is 44.2 Å². The van der Waals surface area contributed by atoms with Gasteiger partial charge in [0.05, 0.1) is 5.41 Å². The molecule has 21 heavy (non-hydrogen) atoms. The van der Waals surface area contributed by atoms with Gasteiger partial charge in [0.15, 0.2) is 0 Å². The summed E-state index contributed by atoms with van der Waals surface area (Å²) < 4.78 is 0. The summed E-state index contributed by atoms with van der Waals surface area (Å²) in [5.41, 5.74) is 6.21. The molecule has 1 aromatic carbocycles. The Hall–Kier alpha value is -1.39. The summed E-state index contributed by atoms with van der Waals surface area (Å²) >= 11 is 0. The molecule has 1 amide bonds. The Morgan fingerprint density at radius 3 is 2.62 bits per heavy atom. The van der Waals surface area contributed by atoms with E-state index in [0.717, 1.165) is 31.7 Å². The number of nitrogens with one attached hydrogen (secondary N) is 1. The summed E-state index contributed by atoms with van der Waals surface area (Å²) in [6, 6.07) is 10.1. The molecule has 2 rings (SSSR count). The van der Waals surface area contributed by atoms with Gasteiger partial charge in [-0.25, -0.2) is 0 Å². The molecular weight excluding hydrogens is 262 g/mol. The maximum absolute atomic E-state index is 12.5. The molecule has 0 spiro atoms. The molecule has 0 aromatic heterocycles. The molecule has 1 saturated heterocycles. The maximum Gasteiger partial charge on any atom is 0.231 e. The highest BCUT2D eigenvalue weighted by Crippen LogP contribution is 2.28. The Bertz CT molecular complexity index is 472. The van der Waals surface area contributed by atoms with Crippen LogP contribution in [-0.2, 0) is 4.79 Å². The first-order valence-electron chi connectivity index (χ1n) is 7.73. The van der Waals surface area contributed by atoms with Crippen LogP contribution in [0.15, 0.2) is 30.3 Å². The van der Waals surface area contributed by atoms with Crippen LogP contribution < -0.4 is 11.1 Å². The molecule has 3 N–H and O–H groups in total. The van der Waals surface area contributed by atoms with Crippen LogP contribution in [-0.4, -0.2) is 36.5 Å². The van der Waals surface area contributed by atoms with E-state index in [0.29, 0.717) is 12.0 Å². The molecule has 1 fully saturated rings. The summed E-state index contributed by atoms with van der Waals surface area (Å²) in [7, 11) is 0. The van der Waals surface area contributed by atoms with E-state index in [1.54, 1.807) is 0 Å². The van der Waals surface area contributed by atoms with Crippen LogP contribution in [0.2, 0.25) is 0 Å². The largest absolute Gasteiger partial charge is 0.330 e. The van der Waals surface area contributed by atoms with E-state index in [9.17, 15) is 4.79 Å². The monoisotopic (exact) mass is 289 g/mol. The minimum atomic E-state index is -0.423. The number of likely N-dealkylation sites (tertiary alicyclic amines) is 1. The van der Waals surface area contributed by atoms with Crippen molar-refractivity contribution >= 4 is 11.6 Å². The highest BCUT2D eigenvalue weighted by molar-refractivity contribution is 5.94. The number of hydrogen-bond acceptors (Lipinski definition) is 3. The predicted molar refractivity (Wildman–Crippen MR) is 87.0 cm³/mol. The zero-order valence-electron chi connectivity index (χ0n) is 13.3. The van der Waals surface area contributed by atoms with Crippen molar-refractivity contribution in [3.63, 3.8) is 0 Å². The number of carbonyl (C=O) groups excluding carboxylic acids is 1. The van der Waals surface area contributed by atoms with Gasteiger partial charge in [-0.1, -0.05) is 18.2 Å². The van der Waals surface area contributed by atoms with Crippen molar-refractivity contribution in [3.05, 3.63) is 30.3 Å². The summed E-state index contributed by atoms with van der Waals surface area (Å²) in [5, 5.41) is 3.01. The first-order chi connectivity index (χ1) is 9.92. The molecule has 1 aliphatic rings. The van der Waals surface area contributed by atoms with Gasteiger partial charge in [0, 0.05) is 24.8 Å². The second kappa shape index (κ2) is 6.58. The number of para-hydroxylation sites is 1. The normalized spacial score (nSPS) is 23.2. The zero-order valence-corrected chi connectivity index (χ0v) is 13.3. The summed E-state index contributed by atoms with van der Waals surface area (Å²) in [5.74, 6) is 0.630. The van der Waals surface area contributed by atoms with Gasteiger partial charge in [0.25, 0.3) is 0 Å². The minimum Gasteiger partial charge on any atom is -0.330 e. The fourth-order valence-electron chi connectivity index (χ4n) is 3.01. The average molecular weight is 289 g/mol. The van der Waals surface area contributed by atoms with Crippen LogP contribution in [0.4, 0.5) is 5.69 Å². The van der Waals surface area contributed by atoms with Gasteiger partial charge in [-0.15, -0.1) is 0 Å². The van der Waals surface area contributed by atoms with Gasteiger partial charge in [0.1, 0.15) is 0 Å². The topological polar surface area (TPSA) is 58.4 Å². The second-order valence-corrected chi connectivity index (χ2v) is 6.82. The van der Waals surface area contributed by atoms with Crippen molar-refractivity contribution < 1.29 is 4.79 Å². The molecule has 0 aliphatic carbocycles. The maximum atomic E-state index is 12.5. The first-order valence-corrected chi connectivity index (χ1v) is 7.73. The van der Waals surface area contributed by atoms with E-state index in [4.69, 9.17) is 5.73 Å². The molecule has 4 heteroatoms. The number of amides is 1. The lowest BCUT2D eigenvalue weighted by Gasteiger charge is -2.31. The summed E-state index contributed by atoms with van der Waals surface area (Å²) in [4.78, 5) is 14.9. The van der Waals surface area contributed by atoms with Crippen molar-refractivity contribution in [2.75, 3.05) is 25.0 Å². The van der Waals surface area contributed by atoms with Gasteiger partial charge in [-0.05, 0) is 51.8 Å². The predicted octanol–water partition coefficient (Wildman–Crippen LogP) is 2.32. The number of hydrogen-bond donors (Lipinski definition) is 2. The Balaban J connectivity index is 1.96. The Morgan fingerprint density at radius 2 is 2.05 bits per heavy atom. The Kier molecular flexibility index (Phi) is 5.01. The number of anilines is 1. The van der Waals surface area contributed by atoms with Gasteiger partial charge in [-0.2, -0.15) is 0 Å². The third-order valence-corrected chi connectivity index (χ3v) is 4.37. The molecule has 1 aliphatic heterocycles. The molecule has 1 heterocycles. The van der Waals surface area contributed by atoms with Crippen molar-refractivity contribution in [1.82, 2.24) is 4.90 Å². The fourth-order valence-corrected chi connectivity index (χ4v) is 3.01. The first kappa shape index (κ1) is 16.0. The van der Waals surface area contributed by atoms with E-state index >= 15 is 0 Å². The number of rotatable bonds is 5. The average Bonchev–Trinajstić information content (AvgIpc) is 2.80. The van der Waals surface area contributed by atoms with Gasteiger partial charge in [-0.3, -0.25) is 9.69 Å². The molecule has 0 bridgehead atoms. The lowest BCUT2D eigenvalue weighted by molar-refractivity contribution is -0.125. The third kappa shape index (κ3) is 4.05. The number of benzene rings is 1. The van der Waals surface area contributed by atoms with Crippen molar-refractivity contribution in [1.29, 1.82) is 0 Å². The smallest absolute Gasteiger partial charge is 0.231 e. The summed E-state index contributed by atoms with van der Waals surface area (Å²) in [6.07, 6.45) is 1.13. The van der Waals surface area contributed by atoms with Crippen LogP contribution in [0.25, 0.3) is 0 Å². The van der Waals surface area contributed by atoms with Gasteiger partial charge < -0.3 is 11.1 Å². The molecule has 1 aromatic rings. The Morgan fingerprint density at radius 1 is 1.38 bits per heavy atom. The molecular formula is C17H27N3O. The summed E-state index contributed by atoms with van der Waals surface area (Å²) in [6.45, 7) is 8.74.